The molecule has 1 aromatic rings. The maximum Gasteiger partial charge on any atom is 0.311 e. The molecule has 0 unspecified atom stereocenters. The van der Waals surface area contributed by atoms with Crippen molar-refractivity contribution in [2.75, 3.05) is 38.2 Å². The molecule has 0 spiro atoms. The van der Waals surface area contributed by atoms with E-state index in [1.807, 2.05) is 6.92 Å². The van der Waals surface area contributed by atoms with Crippen molar-refractivity contribution >= 4 is 17.2 Å². The molecular weight excluding hydrogens is 310 g/mol. The van der Waals surface area contributed by atoms with Crippen LogP contribution in [-0.2, 0) is 11.2 Å². The number of rotatable bonds is 5. The third-order valence-electron chi connectivity index (χ3n) is 5.04. The predicted octanol–water partition coefficient (Wildman–Crippen LogP) is 2.02. The minimum Gasteiger partial charge on any atom is -0.490 e. The van der Waals surface area contributed by atoms with Crippen molar-refractivity contribution in [1.29, 1.82) is 0 Å². The summed E-state index contributed by atoms with van der Waals surface area (Å²) in [5.41, 5.74) is 2.02. The molecule has 2 heterocycles. The third kappa shape index (κ3) is 3.08. The molecule has 7 nitrogen and oxygen atoms in total. The number of ether oxygens (including phenoxy) is 1. The Hall–Kier alpha value is -2.15. The van der Waals surface area contributed by atoms with E-state index in [1.165, 1.54) is 7.11 Å². The van der Waals surface area contributed by atoms with Gasteiger partial charge in [-0.1, -0.05) is 6.92 Å². The van der Waals surface area contributed by atoms with Crippen LogP contribution >= 0.6 is 0 Å². The summed E-state index contributed by atoms with van der Waals surface area (Å²) in [6, 6.07) is 3.91. The van der Waals surface area contributed by atoms with E-state index in [4.69, 9.17) is 4.74 Å². The summed E-state index contributed by atoms with van der Waals surface area (Å²) in [6.45, 7) is 4.98. The SMILES string of the molecule is CCc1cc([N+](=O)[O-])c(OC)cc1N1CCC(N2CC(=O)C2)CC1. The van der Waals surface area contributed by atoms with Crippen molar-refractivity contribution in [1.82, 2.24) is 4.90 Å². The fourth-order valence-electron chi connectivity index (χ4n) is 3.62. The number of ketones is 1. The van der Waals surface area contributed by atoms with E-state index in [0.717, 1.165) is 43.6 Å². The lowest BCUT2D eigenvalue weighted by Crippen LogP contribution is -2.55. The average molecular weight is 333 g/mol. The number of aryl methyl sites for hydroxylation is 1. The first-order valence-electron chi connectivity index (χ1n) is 8.39. The van der Waals surface area contributed by atoms with E-state index in [-0.39, 0.29) is 5.69 Å². The zero-order valence-electron chi connectivity index (χ0n) is 14.2. The summed E-state index contributed by atoms with van der Waals surface area (Å²) in [5, 5.41) is 11.2. The Morgan fingerprint density at radius 2 is 1.96 bits per heavy atom. The maximum absolute atomic E-state index is 11.2. The molecular formula is C17H23N3O4. The van der Waals surface area contributed by atoms with Crippen molar-refractivity contribution in [2.24, 2.45) is 0 Å². The lowest BCUT2D eigenvalue weighted by molar-refractivity contribution is -0.385. The number of carbonyl (C=O) groups is 1. The highest BCUT2D eigenvalue weighted by atomic mass is 16.6. The van der Waals surface area contributed by atoms with Crippen molar-refractivity contribution in [3.05, 3.63) is 27.8 Å². The number of nitrogens with zero attached hydrogens (tertiary/aromatic N) is 3. The third-order valence-corrected chi connectivity index (χ3v) is 5.04. The molecule has 7 heteroatoms. The van der Waals surface area contributed by atoms with Gasteiger partial charge in [0.2, 0.25) is 0 Å². The standard InChI is InChI=1S/C17H23N3O4/c1-3-12-8-16(20(22)23)17(24-2)9-15(12)18-6-4-13(5-7-18)19-10-14(21)11-19/h8-9,13H,3-7,10-11H2,1-2H3. The molecule has 0 N–H and O–H groups in total. The lowest BCUT2D eigenvalue weighted by atomic mass is 9.97. The number of hydrogen-bond donors (Lipinski definition) is 0. The van der Waals surface area contributed by atoms with Gasteiger partial charge in [-0.3, -0.25) is 19.8 Å². The highest BCUT2D eigenvalue weighted by molar-refractivity contribution is 5.87. The Morgan fingerprint density at radius 1 is 1.29 bits per heavy atom. The number of carbonyl (C=O) groups excluding carboxylic acids is 1. The number of Topliss-reactive ketones (excluding diaryl/α,β-unsaturated/α-hetero) is 1. The van der Waals surface area contributed by atoms with E-state index < -0.39 is 4.92 Å². The van der Waals surface area contributed by atoms with Crippen LogP contribution in [0.1, 0.15) is 25.3 Å². The molecule has 0 saturated carbocycles. The molecule has 2 aliphatic rings. The van der Waals surface area contributed by atoms with Crippen LogP contribution in [-0.4, -0.2) is 54.9 Å². The Balaban J connectivity index is 1.77. The number of anilines is 1. The number of piperidine rings is 1. The second kappa shape index (κ2) is 6.76. The van der Waals surface area contributed by atoms with Gasteiger partial charge in [0.1, 0.15) is 0 Å². The predicted molar refractivity (Wildman–Crippen MR) is 90.8 cm³/mol. The summed E-state index contributed by atoms with van der Waals surface area (Å²) in [5.74, 6) is 0.633. The maximum atomic E-state index is 11.2. The fraction of sp³-hybridized carbons (Fsp3) is 0.588. The molecule has 2 saturated heterocycles. The molecule has 3 rings (SSSR count). The second-order valence-corrected chi connectivity index (χ2v) is 6.43. The van der Waals surface area contributed by atoms with Crippen molar-refractivity contribution in [2.45, 2.75) is 32.2 Å². The minimum absolute atomic E-state index is 0.0204. The zero-order valence-corrected chi connectivity index (χ0v) is 14.2. The topological polar surface area (TPSA) is 75.9 Å². The van der Waals surface area contributed by atoms with Gasteiger partial charge in [0, 0.05) is 37.0 Å². The van der Waals surface area contributed by atoms with Gasteiger partial charge < -0.3 is 9.64 Å². The monoisotopic (exact) mass is 333 g/mol. The molecule has 0 atom stereocenters. The number of nitro groups is 1. The molecule has 2 aliphatic heterocycles. The first-order valence-corrected chi connectivity index (χ1v) is 8.39. The van der Waals surface area contributed by atoms with E-state index in [1.54, 1.807) is 12.1 Å². The van der Waals surface area contributed by atoms with Gasteiger partial charge in [0.15, 0.2) is 11.5 Å². The zero-order chi connectivity index (χ0) is 17.3. The normalized spacial score (nSPS) is 19.2. The number of likely N-dealkylation sites (tertiary alicyclic amines) is 1. The molecule has 0 radical (unpaired) electrons. The van der Waals surface area contributed by atoms with Crippen LogP contribution in [0.2, 0.25) is 0 Å². The minimum atomic E-state index is -0.394. The molecule has 130 valence electrons. The van der Waals surface area contributed by atoms with Crippen LogP contribution in [0.3, 0.4) is 0 Å². The molecule has 0 amide bonds. The van der Waals surface area contributed by atoms with Gasteiger partial charge in [0.25, 0.3) is 0 Å². The van der Waals surface area contributed by atoms with Crippen molar-refractivity contribution in [3.8, 4) is 5.75 Å². The Labute approximate surface area is 141 Å². The van der Waals surface area contributed by atoms with Gasteiger partial charge >= 0.3 is 5.69 Å². The largest absolute Gasteiger partial charge is 0.490 e. The molecule has 1 aromatic carbocycles. The first kappa shape index (κ1) is 16.7. The van der Waals surface area contributed by atoms with Crippen LogP contribution in [0.15, 0.2) is 12.1 Å². The molecule has 2 fully saturated rings. The smallest absolute Gasteiger partial charge is 0.311 e. The summed E-state index contributed by atoms with van der Waals surface area (Å²) < 4.78 is 5.22. The number of benzene rings is 1. The quantitative estimate of drug-likeness (QED) is 0.606. The molecule has 0 aliphatic carbocycles. The van der Waals surface area contributed by atoms with Gasteiger partial charge in [-0.15, -0.1) is 0 Å². The summed E-state index contributed by atoms with van der Waals surface area (Å²) in [7, 11) is 1.46. The average Bonchev–Trinajstić information content (AvgIpc) is 2.57. The first-order chi connectivity index (χ1) is 11.5. The van der Waals surface area contributed by atoms with E-state index in [9.17, 15) is 14.9 Å². The number of methoxy groups -OCH3 is 1. The summed E-state index contributed by atoms with van der Waals surface area (Å²) >= 11 is 0. The second-order valence-electron chi connectivity index (χ2n) is 6.43. The van der Waals surface area contributed by atoms with Crippen LogP contribution in [0.5, 0.6) is 5.75 Å². The molecule has 0 bridgehead atoms. The van der Waals surface area contributed by atoms with Crippen LogP contribution < -0.4 is 9.64 Å². The van der Waals surface area contributed by atoms with E-state index in [2.05, 4.69) is 9.80 Å². The van der Waals surface area contributed by atoms with E-state index in [0.29, 0.717) is 30.7 Å². The lowest BCUT2D eigenvalue weighted by Gasteiger charge is -2.42. The summed E-state index contributed by atoms with van der Waals surface area (Å²) in [6.07, 6.45) is 2.76. The summed E-state index contributed by atoms with van der Waals surface area (Å²) in [4.78, 5) is 26.5. The van der Waals surface area contributed by atoms with Gasteiger partial charge in [0.05, 0.1) is 25.1 Å². The Kier molecular flexibility index (Phi) is 4.71. The Bertz CT molecular complexity index is 645. The number of hydrogen-bond acceptors (Lipinski definition) is 6. The van der Waals surface area contributed by atoms with Crippen LogP contribution in [0, 0.1) is 10.1 Å². The van der Waals surface area contributed by atoms with Crippen LogP contribution in [0.4, 0.5) is 11.4 Å². The van der Waals surface area contributed by atoms with Crippen molar-refractivity contribution < 1.29 is 14.5 Å². The Morgan fingerprint density at radius 3 is 2.46 bits per heavy atom. The molecule has 0 aromatic heterocycles. The van der Waals surface area contributed by atoms with Gasteiger partial charge in [-0.05, 0) is 24.8 Å². The van der Waals surface area contributed by atoms with Crippen LogP contribution in [0.25, 0.3) is 0 Å². The number of nitro benzene ring substituents is 1. The van der Waals surface area contributed by atoms with E-state index >= 15 is 0 Å². The molecule has 24 heavy (non-hydrogen) atoms. The highest BCUT2D eigenvalue weighted by Crippen LogP contribution is 2.36. The highest BCUT2D eigenvalue weighted by Gasteiger charge is 2.33. The fourth-order valence-corrected chi connectivity index (χ4v) is 3.62. The van der Waals surface area contributed by atoms with Gasteiger partial charge in [-0.25, -0.2) is 0 Å². The van der Waals surface area contributed by atoms with Gasteiger partial charge in [-0.2, -0.15) is 0 Å². The van der Waals surface area contributed by atoms with Crippen molar-refractivity contribution in [3.63, 3.8) is 0 Å².